The van der Waals surface area contributed by atoms with Gasteiger partial charge in [0.15, 0.2) is 28.6 Å². The number of carbonyl (C=O) groups is 2. The molecule has 0 aliphatic heterocycles. The first-order valence-electron chi connectivity index (χ1n) is 13.6. The van der Waals surface area contributed by atoms with Crippen LogP contribution in [0.1, 0.15) is 30.5 Å². The summed E-state index contributed by atoms with van der Waals surface area (Å²) in [5.74, 6) is 0.209. The fourth-order valence-electron chi connectivity index (χ4n) is 5.26. The number of pyridine rings is 2. The van der Waals surface area contributed by atoms with Crippen LogP contribution in [0.2, 0.25) is 0 Å². The molecule has 0 radical (unpaired) electrons. The number of nitrogens with one attached hydrogen (secondary N) is 1. The maximum Gasteiger partial charge on any atom is 0.387 e. The predicted octanol–water partition coefficient (Wildman–Crippen LogP) is 4.66. The number of aryl methyl sites for hydroxylation is 1. The minimum atomic E-state index is -3.11. The monoisotopic (exact) mass is 596 g/mol. The smallest absolute Gasteiger partial charge is 0.387 e. The summed E-state index contributed by atoms with van der Waals surface area (Å²) < 4.78 is 35.2. The van der Waals surface area contributed by atoms with Gasteiger partial charge in [-0.15, -0.1) is 0 Å². The molecule has 4 heterocycles. The van der Waals surface area contributed by atoms with Gasteiger partial charge in [0, 0.05) is 35.9 Å². The van der Waals surface area contributed by atoms with Crippen LogP contribution in [0.25, 0.3) is 34.1 Å². The normalized spacial score (nSPS) is 14.5. The lowest BCUT2D eigenvalue weighted by Gasteiger charge is -2.16. The molecular formula is C31H26F2N8O3. The van der Waals surface area contributed by atoms with Gasteiger partial charge in [-0.1, -0.05) is 12.6 Å². The Morgan fingerprint density at radius 2 is 2.05 bits per heavy atom. The Bertz CT molecular complexity index is 1950. The predicted molar refractivity (Wildman–Crippen MR) is 158 cm³/mol. The van der Waals surface area contributed by atoms with E-state index in [1.165, 1.54) is 16.8 Å². The molecule has 0 saturated carbocycles. The summed E-state index contributed by atoms with van der Waals surface area (Å²) in [5.41, 5.74) is 10.2. The molecule has 1 amide bonds. The Morgan fingerprint density at radius 3 is 2.77 bits per heavy atom. The molecule has 11 nitrogen and oxygen atoms in total. The molecule has 44 heavy (non-hydrogen) atoms. The van der Waals surface area contributed by atoms with Gasteiger partial charge in [0.25, 0.3) is 5.91 Å². The maximum absolute atomic E-state index is 13.6. The number of hydrogen-bond acceptors (Lipinski definition) is 8. The van der Waals surface area contributed by atoms with Gasteiger partial charge in [0.2, 0.25) is 0 Å². The second kappa shape index (κ2) is 11.5. The van der Waals surface area contributed by atoms with Crippen molar-refractivity contribution in [1.82, 2.24) is 34.6 Å². The zero-order valence-electron chi connectivity index (χ0n) is 23.4. The van der Waals surface area contributed by atoms with Gasteiger partial charge in [0.1, 0.15) is 12.1 Å². The first-order valence-corrected chi connectivity index (χ1v) is 13.6. The summed E-state index contributed by atoms with van der Waals surface area (Å²) in [6.45, 7) is 2.26. The number of halogens is 2. The number of aldehydes is 1. The number of amides is 1. The van der Waals surface area contributed by atoms with Gasteiger partial charge in [-0.3, -0.25) is 14.2 Å². The van der Waals surface area contributed by atoms with Crippen LogP contribution >= 0.6 is 0 Å². The summed E-state index contributed by atoms with van der Waals surface area (Å²) in [6, 6.07) is 11.9. The molecule has 1 aromatic carbocycles. The molecule has 6 rings (SSSR count). The number of fused-ring (bicyclic) bond motifs is 2. The molecule has 13 heteroatoms. The largest absolute Gasteiger partial charge is 0.432 e. The Hall–Kier alpha value is -5.72. The maximum atomic E-state index is 13.6. The van der Waals surface area contributed by atoms with Crippen LogP contribution in [0.3, 0.4) is 0 Å². The number of aromatic nitrogens is 6. The van der Waals surface area contributed by atoms with Crippen molar-refractivity contribution >= 4 is 29.2 Å². The lowest BCUT2D eigenvalue weighted by molar-refractivity contribution is -0.117. The van der Waals surface area contributed by atoms with Crippen molar-refractivity contribution in [2.45, 2.75) is 32.4 Å². The molecule has 3 N–H and O–H groups in total. The third-order valence-corrected chi connectivity index (χ3v) is 7.25. The average Bonchev–Trinajstić information content (AvgIpc) is 3.76. The molecule has 5 aromatic rings. The number of allylic oxidation sites excluding steroid dienone is 1. The zero-order chi connectivity index (χ0) is 31.0. The minimum Gasteiger partial charge on any atom is -0.432 e. The van der Waals surface area contributed by atoms with E-state index in [2.05, 4.69) is 27.0 Å². The fraction of sp³-hybridized carbons (Fsp3) is 0.161. The van der Waals surface area contributed by atoms with E-state index in [9.17, 15) is 18.4 Å². The van der Waals surface area contributed by atoms with Gasteiger partial charge in [0.05, 0.1) is 11.6 Å². The van der Waals surface area contributed by atoms with E-state index in [0.29, 0.717) is 41.8 Å². The van der Waals surface area contributed by atoms with E-state index in [1.54, 1.807) is 48.3 Å². The lowest BCUT2D eigenvalue weighted by atomic mass is 10.1. The highest BCUT2D eigenvalue weighted by molar-refractivity contribution is 5.97. The van der Waals surface area contributed by atoms with Crippen LogP contribution in [0.15, 0.2) is 84.9 Å². The number of hydrogen-bond donors (Lipinski definition) is 2. The van der Waals surface area contributed by atoms with Crippen LogP contribution in [0.4, 0.5) is 14.6 Å². The molecule has 1 atom stereocenters. The van der Waals surface area contributed by atoms with Gasteiger partial charge >= 0.3 is 6.61 Å². The molecule has 4 aromatic heterocycles. The first-order chi connectivity index (χ1) is 21.2. The molecule has 1 aliphatic carbocycles. The molecule has 0 fully saturated rings. The van der Waals surface area contributed by atoms with Gasteiger partial charge in [-0.25, -0.2) is 19.6 Å². The number of ether oxygens (including phenoxy) is 1. The van der Waals surface area contributed by atoms with Crippen LogP contribution in [-0.2, 0) is 16.0 Å². The molecular weight excluding hydrogens is 570 g/mol. The number of rotatable bonds is 9. The number of carbonyl (C=O) groups excluding carboxylic acids is 2. The third kappa shape index (κ3) is 5.30. The van der Waals surface area contributed by atoms with E-state index < -0.39 is 6.61 Å². The number of nitrogens with zero attached hydrogens (tertiary/aromatic N) is 6. The second-order valence-electron chi connectivity index (χ2n) is 10.2. The molecule has 0 saturated heterocycles. The highest BCUT2D eigenvalue weighted by Gasteiger charge is 2.27. The van der Waals surface area contributed by atoms with E-state index in [-0.39, 0.29) is 46.1 Å². The van der Waals surface area contributed by atoms with E-state index in [1.807, 2.05) is 18.2 Å². The number of nitrogen functional groups attached to an aromatic ring is 1. The SMILES string of the molecule is C=C(/C=C(\C)C=O)C(=O)NC1CCc2cc(-n3c(-c4cccnc4N)nc4c(OC(F)F)cc(-n5cccn5)nc43)ccc21. The van der Waals surface area contributed by atoms with Crippen molar-refractivity contribution in [3.63, 3.8) is 0 Å². The van der Waals surface area contributed by atoms with Gasteiger partial charge in [-0.05, 0) is 72.9 Å². The topological polar surface area (TPSA) is 143 Å². The van der Waals surface area contributed by atoms with Crippen LogP contribution in [0.5, 0.6) is 5.75 Å². The molecule has 222 valence electrons. The van der Waals surface area contributed by atoms with E-state index >= 15 is 0 Å². The summed E-state index contributed by atoms with van der Waals surface area (Å²) in [5, 5.41) is 7.19. The van der Waals surface area contributed by atoms with Gasteiger partial charge in [-0.2, -0.15) is 13.9 Å². The first kappa shape index (κ1) is 28.4. The number of benzene rings is 1. The van der Waals surface area contributed by atoms with E-state index in [4.69, 9.17) is 15.5 Å². The molecule has 1 aliphatic rings. The Balaban J connectivity index is 1.48. The van der Waals surface area contributed by atoms with Crippen molar-refractivity contribution in [3.05, 3.63) is 96.0 Å². The van der Waals surface area contributed by atoms with Crippen molar-refractivity contribution in [2.24, 2.45) is 0 Å². The van der Waals surface area contributed by atoms with Crippen molar-refractivity contribution in [2.75, 3.05) is 5.73 Å². The number of alkyl halides is 2. The summed E-state index contributed by atoms with van der Waals surface area (Å²) in [4.78, 5) is 37.3. The highest BCUT2D eigenvalue weighted by atomic mass is 19.3. The average molecular weight is 597 g/mol. The van der Waals surface area contributed by atoms with Crippen LogP contribution < -0.4 is 15.8 Å². The Kier molecular flexibility index (Phi) is 7.43. The lowest BCUT2D eigenvalue weighted by Crippen LogP contribution is -2.27. The standard InChI is InChI=1S/C31H26F2N8O3/c1-17(16-42)13-18(2)30(43)37-23-9-6-19-14-20(7-8-21(19)23)41-28(22-5-3-10-35-27(22)34)39-26-24(44-31(32)33)15-25(38-29(26)41)40-12-4-11-36-40/h3-5,7-8,10-16,23,31H,2,6,9H2,1H3,(H2,34,35)(H,37,43)/b17-13+. The number of imidazole rings is 1. The van der Waals surface area contributed by atoms with Crippen LogP contribution in [-0.4, -0.2) is 48.1 Å². The van der Waals surface area contributed by atoms with Crippen LogP contribution in [0, 0.1) is 0 Å². The molecule has 0 bridgehead atoms. The fourth-order valence-corrected chi connectivity index (χ4v) is 5.26. The number of anilines is 1. The third-order valence-electron chi connectivity index (χ3n) is 7.25. The Labute approximate surface area is 249 Å². The molecule has 1 unspecified atom stereocenters. The minimum absolute atomic E-state index is 0.0993. The van der Waals surface area contributed by atoms with Crippen molar-refractivity contribution < 1.29 is 23.1 Å². The zero-order valence-corrected chi connectivity index (χ0v) is 23.4. The number of nitrogens with two attached hydrogens (primary N) is 1. The highest BCUT2D eigenvalue weighted by Crippen LogP contribution is 2.38. The summed E-state index contributed by atoms with van der Waals surface area (Å²) in [6.07, 6.45) is 8.13. The second-order valence-corrected chi connectivity index (χ2v) is 10.2. The summed E-state index contributed by atoms with van der Waals surface area (Å²) in [7, 11) is 0. The molecule has 0 spiro atoms. The van der Waals surface area contributed by atoms with Gasteiger partial charge < -0.3 is 15.8 Å². The summed E-state index contributed by atoms with van der Waals surface area (Å²) >= 11 is 0. The van der Waals surface area contributed by atoms with Crippen molar-refractivity contribution in [3.8, 4) is 28.6 Å². The Morgan fingerprint density at radius 1 is 1.20 bits per heavy atom. The quantitative estimate of drug-likeness (QED) is 0.142. The van der Waals surface area contributed by atoms with E-state index in [0.717, 1.165) is 11.1 Å². The van der Waals surface area contributed by atoms with Crippen molar-refractivity contribution in [1.29, 1.82) is 0 Å².